The van der Waals surface area contributed by atoms with Gasteiger partial charge in [-0.1, -0.05) is 0 Å². The lowest BCUT2D eigenvalue weighted by Crippen LogP contribution is -2.04. The normalized spacial score (nSPS) is 14.9. The van der Waals surface area contributed by atoms with Crippen LogP contribution in [-0.2, 0) is 18.7 Å². The molecule has 0 amide bonds. The summed E-state index contributed by atoms with van der Waals surface area (Å²) in [7, 11) is 1.89. The van der Waals surface area contributed by atoms with Crippen molar-refractivity contribution in [3.8, 4) is 10.6 Å². The van der Waals surface area contributed by atoms with Gasteiger partial charge < -0.3 is 9.73 Å². The number of hydrogen-bond donors (Lipinski definition) is 1. The van der Waals surface area contributed by atoms with Gasteiger partial charge in [0.1, 0.15) is 0 Å². The first-order valence-corrected chi connectivity index (χ1v) is 7.63. The first kappa shape index (κ1) is 11.3. The highest BCUT2D eigenvalue weighted by molar-refractivity contribution is 7.98. The SMILES string of the molecule is CNCc1ncc(-c2cc3c(s2)CCSC3)o1. The summed E-state index contributed by atoms with van der Waals surface area (Å²) in [5.41, 5.74) is 1.48. The number of nitrogens with one attached hydrogen (secondary N) is 1. The van der Waals surface area contributed by atoms with E-state index in [1.54, 1.807) is 0 Å². The van der Waals surface area contributed by atoms with Crippen LogP contribution in [0.3, 0.4) is 0 Å². The van der Waals surface area contributed by atoms with Crippen LogP contribution in [0, 0.1) is 0 Å². The molecule has 90 valence electrons. The molecule has 0 spiro atoms. The third kappa shape index (κ3) is 2.27. The fourth-order valence-corrected chi connectivity index (χ4v) is 4.24. The molecule has 0 unspecified atom stereocenters. The average molecular weight is 266 g/mol. The molecule has 1 aliphatic heterocycles. The van der Waals surface area contributed by atoms with Gasteiger partial charge in [-0.2, -0.15) is 11.8 Å². The van der Waals surface area contributed by atoms with Crippen molar-refractivity contribution in [2.24, 2.45) is 0 Å². The van der Waals surface area contributed by atoms with Gasteiger partial charge in [-0.05, 0) is 30.9 Å². The van der Waals surface area contributed by atoms with Crippen molar-refractivity contribution >= 4 is 23.1 Å². The molecule has 0 radical (unpaired) electrons. The second-order valence-corrected chi connectivity index (χ2v) is 6.25. The Morgan fingerprint density at radius 1 is 1.53 bits per heavy atom. The summed E-state index contributed by atoms with van der Waals surface area (Å²) in [6, 6.07) is 2.26. The van der Waals surface area contributed by atoms with Crippen LogP contribution in [0.25, 0.3) is 10.6 Å². The number of rotatable bonds is 3. The Balaban J connectivity index is 1.89. The first-order chi connectivity index (χ1) is 8.36. The second kappa shape index (κ2) is 4.84. The van der Waals surface area contributed by atoms with Crippen molar-refractivity contribution in [2.45, 2.75) is 18.7 Å². The molecule has 2 aromatic heterocycles. The maximum Gasteiger partial charge on any atom is 0.208 e. The van der Waals surface area contributed by atoms with Gasteiger partial charge in [0.15, 0.2) is 5.76 Å². The Morgan fingerprint density at radius 2 is 2.47 bits per heavy atom. The predicted octanol–water partition coefficient (Wildman–Crippen LogP) is 2.91. The zero-order chi connectivity index (χ0) is 11.7. The zero-order valence-corrected chi connectivity index (χ0v) is 11.3. The van der Waals surface area contributed by atoms with Crippen molar-refractivity contribution in [3.63, 3.8) is 0 Å². The van der Waals surface area contributed by atoms with Crippen LogP contribution in [0.5, 0.6) is 0 Å². The molecule has 1 N–H and O–H groups in total. The molecule has 0 atom stereocenters. The van der Waals surface area contributed by atoms with Crippen molar-refractivity contribution in [3.05, 3.63) is 28.6 Å². The number of hydrogen-bond acceptors (Lipinski definition) is 5. The van der Waals surface area contributed by atoms with Gasteiger partial charge in [0.25, 0.3) is 0 Å². The summed E-state index contributed by atoms with van der Waals surface area (Å²) >= 11 is 3.86. The van der Waals surface area contributed by atoms with E-state index in [9.17, 15) is 0 Å². The van der Waals surface area contributed by atoms with E-state index in [4.69, 9.17) is 4.42 Å². The molecule has 0 aromatic carbocycles. The summed E-state index contributed by atoms with van der Waals surface area (Å²) in [6.45, 7) is 0.681. The summed E-state index contributed by atoms with van der Waals surface area (Å²) in [5.74, 6) is 4.04. The van der Waals surface area contributed by atoms with E-state index < -0.39 is 0 Å². The van der Waals surface area contributed by atoms with Crippen LogP contribution in [-0.4, -0.2) is 17.8 Å². The number of nitrogens with zero attached hydrogens (tertiary/aromatic N) is 1. The Bertz CT molecular complexity index is 495. The van der Waals surface area contributed by atoms with E-state index in [2.05, 4.69) is 16.4 Å². The molecule has 3 nitrogen and oxygen atoms in total. The molecule has 0 aliphatic carbocycles. The first-order valence-electron chi connectivity index (χ1n) is 5.66. The molecule has 0 bridgehead atoms. The molecule has 5 heteroatoms. The number of thiophene rings is 1. The molecule has 3 rings (SSSR count). The maximum absolute atomic E-state index is 5.72. The summed E-state index contributed by atoms with van der Waals surface area (Å²) < 4.78 is 5.72. The summed E-state index contributed by atoms with van der Waals surface area (Å²) in [6.07, 6.45) is 3.03. The molecule has 1 aliphatic rings. The lowest BCUT2D eigenvalue weighted by molar-refractivity contribution is 0.491. The van der Waals surface area contributed by atoms with Gasteiger partial charge in [0, 0.05) is 10.6 Å². The van der Waals surface area contributed by atoms with Crippen LogP contribution in [0.2, 0.25) is 0 Å². The van der Waals surface area contributed by atoms with Crippen LogP contribution >= 0.6 is 23.1 Å². The minimum atomic E-state index is 0.681. The monoisotopic (exact) mass is 266 g/mol. The fourth-order valence-electron chi connectivity index (χ4n) is 1.93. The molecule has 2 aromatic rings. The molecular formula is C12H14N2OS2. The second-order valence-electron chi connectivity index (χ2n) is 4.01. The van der Waals surface area contributed by atoms with Gasteiger partial charge in [0.2, 0.25) is 5.89 Å². The minimum absolute atomic E-state index is 0.681. The van der Waals surface area contributed by atoms with Crippen LogP contribution < -0.4 is 5.32 Å². The summed E-state index contributed by atoms with van der Waals surface area (Å²) in [5, 5.41) is 3.04. The van der Waals surface area contributed by atoms with Crippen LogP contribution in [0.1, 0.15) is 16.3 Å². The minimum Gasteiger partial charge on any atom is -0.438 e. The molecule has 3 heterocycles. The Kier molecular flexibility index (Phi) is 3.22. The van der Waals surface area contributed by atoms with E-state index in [1.807, 2.05) is 36.3 Å². The number of aryl methyl sites for hydroxylation is 1. The van der Waals surface area contributed by atoms with Crippen LogP contribution in [0.4, 0.5) is 0 Å². The maximum atomic E-state index is 5.72. The van der Waals surface area contributed by atoms with Gasteiger partial charge in [-0.3, -0.25) is 0 Å². The third-order valence-corrected chi connectivity index (χ3v) is 5.01. The molecular weight excluding hydrogens is 252 g/mol. The fraction of sp³-hybridized carbons (Fsp3) is 0.417. The van der Waals surface area contributed by atoms with E-state index in [-0.39, 0.29) is 0 Å². The van der Waals surface area contributed by atoms with Gasteiger partial charge in [-0.15, -0.1) is 11.3 Å². The zero-order valence-electron chi connectivity index (χ0n) is 9.66. The Morgan fingerprint density at radius 3 is 3.29 bits per heavy atom. The average Bonchev–Trinajstić information content (AvgIpc) is 2.94. The van der Waals surface area contributed by atoms with Crippen molar-refractivity contribution < 1.29 is 4.42 Å². The highest BCUT2D eigenvalue weighted by Gasteiger charge is 2.16. The lowest BCUT2D eigenvalue weighted by atomic mass is 10.2. The molecule has 17 heavy (non-hydrogen) atoms. The molecule has 0 saturated heterocycles. The lowest BCUT2D eigenvalue weighted by Gasteiger charge is -2.08. The number of oxazole rings is 1. The number of fused-ring (bicyclic) bond motifs is 1. The summed E-state index contributed by atoms with van der Waals surface area (Å²) in [4.78, 5) is 6.99. The van der Waals surface area contributed by atoms with Crippen molar-refractivity contribution in [1.82, 2.24) is 10.3 Å². The Hall–Kier alpha value is -0.780. The number of thioether (sulfide) groups is 1. The highest BCUT2D eigenvalue weighted by atomic mass is 32.2. The van der Waals surface area contributed by atoms with Crippen molar-refractivity contribution in [2.75, 3.05) is 12.8 Å². The van der Waals surface area contributed by atoms with E-state index >= 15 is 0 Å². The topological polar surface area (TPSA) is 38.1 Å². The molecule has 0 fully saturated rings. The van der Waals surface area contributed by atoms with E-state index in [0.717, 1.165) is 17.4 Å². The van der Waals surface area contributed by atoms with Crippen LogP contribution in [0.15, 0.2) is 16.7 Å². The molecule has 0 saturated carbocycles. The van der Waals surface area contributed by atoms with Gasteiger partial charge >= 0.3 is 0 Å². The highest BCUT2D eigenvalue weighted by Crippen LogP contribution is 2.37. The van der Waals surface area contributed by atoms with Gasteiger partial charge in [-0.25, -0.2) is 4.98 Å². The van der Waals surface area contributed by atoms with Crippen molar-refractivity contribution in [1.29, 1.82) is 0 Å². The Labute approximate surface area is 109 Å². The van der Waals surface area contributed by atoms with E-state index in [1.165, 1.54) is 27.5 Å². The number of aromatic nitrogens is 1. The smallest absolute Gasteiger partial charge is 0.208 e. The largest absolute Gasteiger partial charge is 0.438 e. The third-order valence-electron chi connectivity index (χ3n) is 2.75. The standard InChI is InChI=1S/C12H14N2OS2/c1-13-6-12-14-5-9(15-12)11-4-8-7-16-3-2-10(8)17-11/h4-5,13H,2-3,6-7H2,1H3. The predicted molar refractivity (Wildman–Crippen MR) is 72.4 cm³/mol. The van der Waals surface area contributed by atoms with E-state index in [0.29, 0.717) is 6.54 Å². The quantitative estimate of drug-likeness (QED) is 0.927. The van der Waals surface area contributed by atoms with Gasteiger partial charge in [0.05, 0.1) is 17.6 Å².